The molecule has 1 aliphatic rings. The normalized spacial score (nSPS) is 25.4. The molecule has 0 radical (unpaired) electrons. The molecule has 3 rings (SSSR count). The van der Waals surface area contributed by atoms with Crippen molar-refractivity contribution in [3.8, 4) is 0 Å². The first-order valence-electron chi connectivity index (χ1n) is 7.71. The number of hydrogen-bond donors (Lipinski definition) is 3. The fraction of sp³-hybridized carbons (Fsp3) is 0.235. The van der Waals surface area contributed by atoms with E-state index in [1.807, 2.05) is 0 Å². The number of aromatic nitrogens is 1. The number of ketones is 1. The average molecular weight is 400 g/mol. The number of nitrogens with one attached hydrogen (secondary N) is 2. The number of halogens is 4. The lowest BCUT2D eigenvalue weighted by atomic mass is 9.77. The fourth-order valence-corrected chi connectivity index (χ4v) is 3.27. The number of Topliss-reactive ketones (excluding diaryl/α,β-unsaturated/α-hetero) is 1. The maximum Gasteiger partial charge on any atom is 0.437 e. The maximum atomic E-state index is 13.7. The van der Waals surface area contributed by atoms with E-state index < -0.39 is 35.7 Å². The Morgan fingerprint density at radius 1 is 1.22 bits per heavy atom. The Morgan fingerprint density at radius 3 is 2.52 bits per heavy atom. The summed E-state index contributed by atoms with van der Waals surface area (Å²) in [5, 5.41) is 14.2. The van der Waals surface area contributed by atoms with E-state index in [2.05, 4.69) is 10.3 Å². The Labute approximate surface area is 156 Å². The summed E-state index contributed by atoms with van der Waals surface area (Å²) in [6.07, 6.45) is -2.90. The first kappa shape index (κ1) is 19.1. The molecule has 0 saturated carbocycles. The van der Waals surface area contributed by atoms with Gasteiger partial charge in [0.1, 0.15) is 5.92 Å². The van der Waals surface area contributed by atoms with Gasteiger partial charge in [0.25, 0.3) is 0 Å². The third-order valence-corrected chi connectivity index (χ3v) is 4.62. The predicted molar refractivity (Wildman–Crippen MR) is 88.9 cm³/mol. The Kier molecular flexibility index (Phi) is 4.83. The second-order valence-electron chi connectivity index (χ2n) is 5.95. The summed E-state index contributed by atoms with van der Waals surface area (Å²) in [5.41, 5.74) is -3.88. The minimum atomic E-state index is -5.33. The van der Waals surface area contributed by atoms with Gasteiger partial charge in [0.2, 0.25) is 5.72 Å². The number of pyridine rings is 1. The van der Waals surface area contributed by atoms with Gasteiger partial charge < -0.3 is 15.7 Å². The summed E-state index contributed by atoms with van der Waals surface area (Å²) >= 11 is 6.07. The predicted octanol–water partition coefficient (Wildman–Crippen LogP) is 2.84. The van der Waals surface area contributed by atoms with Crippen LogP contribution in [-0.2, 0) is 0 Å². The van der Waals surface area contributed by atoms with Crippen molar-refractivity contribution in [2.75, 3.05) is 0 Å². The van der Waals surface area contributed by atoms with Crippen molar-refractivity contribution in [3.63, 3.8) is 0 Å². The van der Waals surface area contributed by atoms with Crippen LogP contribution in [0.25, 0.3) is 0 Å². The Morgan fingerprint density at radius 2 is 1.93 bits per heavy atom. The minimum Gasteiger partial charge on any atom is -0.363 e. The molecule has 3 N–H and O–H groups in total. The molecule has 1 fully saturated rings. The lowest BCUT2D eigenvalue weighted by Gasteiger charge is -2.45. The van der Waals surface area contributed by atoms with Crippen LogP contribution in [0.2, 0.25) is 5.02 Å². The Balaban J connectivity index is 2.19. The number of nitrogens with zero attached hydrogens (tertiary/aromatic N) is 1. The van der Waals surface area contributed by atoms with Gasteiger partial charge in [-0.25, -0.2) is 4.79 Å². The summed E-state index contributed by atoms with van der Waals surface area (Å²) in [7, 11) is 0. The van der Waals surface area contributed by atoms with Crippen LogP contribution < -0.4 is 10.6 Å². The lowest BCUT2D eigenvalue weighted by Crippen LogP contribution is -2.72. The van der Waals surface area contributed by atoms with Gasteiger partial charge in [-0.3, -0.25) is 9.78 Å². The first-order valence-corrected chi connectivity index (χ1v) is 8.09. The monoisotopic (exact) mass is 399 g/mol. The van der Waals surface area contributed by atoms with E-state index in [1.165, 1.54) is 41.8 Å². The number of benzene rings is 1. The van der Waals surface area contributed by atoms with Gasteiger partial charge in [-0.05, 0) is 23.8 Å². The van der Waals surface area contributed by atoms with E-state index in [-0.39, 0.29) is 16.1 Å². The van der Waals surface area contributed by atoms with Gasteiger partial charge >= 0.3 is 12.2 Å². The number of carbonyl (C=O) groups is 2. The van der Waals surface area contributed by atoms with E-state index in [9.17, 15) is 27.9 Å². The van der Waals surface area contributed by atoms with Gasteiger partial charge in [-0.15, -0.1) is 0 Å². The van der Waals surface area contributed by atoms with Crippen molar-refractivity contribution >= 4 is 23.4 Å². The highest BCUT2D eigenvalue weighted by molar-refractivity contribution is 6.31. The molecule has 0 aliphatic carbocycles. The zero-order chi connectivity index (χ0) is 19.8. The van der Waals surface area contributed by atoms with Gasteiger partial charge in [-0.1, -0.05) is 29.8 Å². The highest BCUT2D eigenvalue weighted by Gasteiger charge is 2.66. The highest BCUT2D eigenvalue weighted by Crippen LogP contribution is 2.44. The van der Waals surface area contributed by atoms with Crippen molar-refractivity contribution in [2.24, 2.45) is 5.92 Å². The molecule has 0 unspecified atom stereocenters. The van der Waals surface area contributed by atoms with E-state index in [0.717, 1.165) is 6.20 Å². The first-order chi connectivity index (χ1) is 12.6. The topological polar surface area (TPSA) is 91.3 Å². The van der Waals surface area contributed by atoms with Crippen LogP contribution in [-0.4, -0.2) is 33.8 Å². The molecule has 1 aliphatic heterocycles. The zero-order valence-electron chi connectivity index (χ0n) is 13.5. The summed E-state index contributed by atoms with van der Waals surface area (Å²) in [6, 6.07) is 5.66. The van der Waals surface area contributed by atoms with Crippen LogP contribution in [0, 0.1) is 5.92 Å². The standard InChI is InChI=1S/C17H13ClF3N3O3/c18-11-6-2-1-5-10(11)13-12(14(25)9-4-3-7-22-8-9)16(27,17(19,20)21)24-15(26)23-13/h1-8,12-13,27H,(H2,23,24,26)/t12-,13-,16+/m1/s1. The van der Waals surface area contributed by atoms with Crippen molar-refractivity contribution in [3.05, 3.63) is 64.9 Å². The summed E-state index contributed by atoms with van der Waals surface area (Å²) in [5.74, 6) is -3.19. The molecule has 2 heterocycles. The third-order valence-electron chi connectivity index (χ3n) is 4.28. The molecular weight excluding hydrogens is 387 g/mol. The summed E-state index contributed by atoms with van der Waals surface area (Å²) in [6.45, 7) is 0. The second kappa shape index (κ2) is 6.82. The Hall–Kier alpha value is -2.65. The van der Waals surface area contributed by atoms with E-state index >= 15 is 0 Å². The number of amides is 2. The van der Waals surface area contributed by atoms with E-state index in [1.54, 1.807) is 6.07 Å². The molecule has 0 bridgehead atoms. The molecule has 10 heteroatoms. The van der Waals surface area contributed by atoms with Crippen molar-refractivity contribution in [1.29, 1.82) is 0 Å². The SMILES string of the molecule is O=C1N[C@H](c2ccccc2Cl)[C@H](C(=O)c2cccnc2)[C@](O)(C(F)(F)F)N1. The van der Waals surface area contributed by atoms with Gasteiger partial charge in [0.15, 0.2) is 5.78 Å². The van der Waals surface area contributed by atoms with Crippen molar-refractivity contribution < 1.29 is 27.9 Å². The Bertz CT molecular complexity index is 878. The van der Waals surface area contributed by atoms with E-state index in [0.29, 0.717) is 0 Å². The largest absolute Gasteiger partial charge is 0.437 e. The third kappa shape index (κ3) is 3.35. The number of aliphatic hydroxyl groups is 1. The van der Waals surface area contributed by atoms with Crippen LogP contribution in [0.5, 0.6) is 0 Å². The number of hydrogen-bond acceptors (Lipinski definition) is 4. The van der Waals surface area contributed by atoms with Gasteiger partial charge in [0.05, 0.1) is 6.04 Å². The number of carbonyl (C=O) groups excluding carboxylic acids is 2. The van der Waals surface area contributed by atoms with Gasteiger partial charge in [0, 0.05) is 23.0 Å². The summed E-state index contributed by atoms with van der Waals surface area (Å²) in [4.78, 5) is 28.5. The molecule has 3 atom stereocenters. The fourth-order valence-electron chi connectivity index (χ4n) is 3.01. The van der Waals surface area contributed by atoms with Crippen LogP contribution in [0.1, 0.15) is 22.0 Å². The number of rotatable bonds is 3. The van der Waals surface area contributed by atoms with Crippen LogP contribution in [0.4, 0.5) is 18.0 Å². The van der Waals surface area contributed by atoms with E-state index in [4.69, 9.17) is 11.6 Å². The van der Waals surface area contributed by atoms with Crippen molar-refractivity contribution in [2.45, 2.75) is 17.9 Å². The average Bonchev–Trinajstić information content (AvgIpc) is 2.61. The second-order valence-corrected chi connectivity index (χ2v) is 6.35. The van der Waals surface area contributed by atoms with Crippen molar-refractivity contribution in [1.82, 2.24) is 15.6 Å². The molecule has 1 aromatic carbocycles. The van der Waals surface area contributed by atoms with Crippen LogP contribution in [0.15, 0.2) is 48.8 Å². The van der Waals surface area contributed by atoms with Gasteiger partial charge in [-0.2, -0.15) is 13.2 Å². The molecule has 1 saturated heterocycles. The van der Waals surface area contributed by atoms with Crippen LogP contribution >= 0.6 is 11.6 Å². The molecule has 6 nitrogen and oxygen atoms in total. The molecule has 142 valence electrons. The maximum absolute atomic E-state index is 13.7. The molecule has 1 aromatic heterocycles. The smallest absolute Gasteiger partial charge is 0.363 e. The number of urea groups is 1. The lowest BCUT2D eigenvalue weighted by molar-refractivity contribution is -0.287. The molecule has 27 heavy (non-hydrogen) atoms. The highest BCUT2D eigenvalue weighted by atomic mass is 35.5. The molecule has 2 aromatic rings. The molecule has 2 amide bonds. The van der Waals surface area contributed by atoms with Crippen LogP contribution in [0.3, 0.4) is 0 Å². The molecular formula is C17H13ClF3N3O3. The zero-order valence-corrected chi connectivity index (χ0v) is 14.3. The molecule has 0 spiro atoms. The number of alkyl halides is 3. The minimum absolute atomic E-state index is 0.0400. The summed E-state index contributed by atoms with van der Waals surface area (Å²) < 4.78 is 41.2. The quantitative estimate of drug-likeness (QED) is 0.692.